The number of rotatable bonds is 3. The Hall–Kier alpha value is -1.01. The SMILES string of the molecule is COCc1nc(N)cc(N2CCSC(C)C2)n1. The molecule has 1 aliphatic heterocycles. The predicted molar refractivity (Wildman–Crippen MR) is 71.3 cm³/mol. The van der Waals surface area contributed by atoms with Crippen molar-refractivity contribution in [3.63, 3.8) is 0 Å². The van der Waals surface area contributed by atoms with Crippen LogP contribution in [0.2, 0.25) is 0 Å². The van der Waals surface area contributed by atoms with Gasteiger partial charge in [-0.05, 0) is 0 Å². The molecule has 1 saturated heterocycles. The molecule has 2 N–H and O–H groups in total. The average Bonchev–Trinajstić information content (AvgIpc) is 2.28. The molecule has 1 unspecified atom stereocenters. The molecule has 1 aliphatic rings. The van der Waals surface area contributed by atoms with Gasteiger partial charge in [0.1, 0.15) is 18.2 Å². The highest BCUT2D eigenvalue weighted by atomic mass is 32.2. The van der Waals surface area contributed by atoms with Crippen LogP contribution in [0, 0.1) is 0 Å². The normalized spacial score (nSPS) is 20.6. The maximum atomic E-state index is 5.79. The van der Waals surface area contributed by atoms with E-state index in [0.717, 1.165) is 24.7 Å². The van der Waals surface area contributed by atoms with Crippen LogP contribution in [0.5, 0.6) is 0 Å². The van der Waals surface area contributed by atoms with Crippen LogP contribution >= 0.6 is 11.8 Å². The summed E-state index contributed by atoms with van der Waals surface area (Å²) in [5, 5.41) is 0.630. The number of nitrogen functional groups attached to an aromatic ring is 1. The van der Waals surface area contributed by atoms with Crippen LogP contribution in [0.1, 0.15) is 12.7 Å². The molecular weight excluding hydrogens is 236 g/mol. The number of methoxy groups -OCH3 is 1. The molecule has 5 nitrogen and oxygen atoms in total. The molecule has 0 spiro atoms. The Labute approximate surface area is 106 Å². The molecule has 0 bridgehead atoms. The van der Waals surface area contributed by atoms with E-state index in [4.69, 9.17) is 10.5 Å². The van der Waals surface area contributed by atoms with Gasteiger partial charge in [-0.25, -0.2) is 9.97 Å². The van der Waals surface area contributed by atoms with E-state index >= 15 is 0 Å². The molecule has 0 radical (unpaired) electrons. The quantitative estimate of drug-likeness (QED) is 0.873. The van der Waals surface area contributed by atoms with E-state index in [-0.39, 0.29) is 0 Å². The van der Waals surface area contributed by atoms with Crippen LogP contribution in [0.4, 0.5) is 11.6 Å². The summed E-state index contributed by atoms with van der Waals surface area (Å²) in [5.74, 6) is 3.20. The molecule has 0 aromatic carbocycles. The summed E-state index contributed by atoms with van der Waals surface area (Å²) in [4.78, 5) is 10.9. The van der Waals surface area contributed by atoms with Gasteiger partial charge in [-0.2, -0.15) is 11.8 Å². The van der Waals surface area contributed by atoms with Crippen molar-refractivity contribution in [3.8, 4) is 0 Å². The number of thioether (sulfide) groups is 1. The number of hydrogen-bond acceptors (Lipinski definition) is 6. The van der Waals surface area contributed by atoms with Gasteiger partial charge in [0.25, 0.3) is 0 Å². The largest absolute Gasteiger partial charge is 0.384 e. The molecule has 1 fully saturated rings. The highest BCUT2D eigenvalue weighted by Gasteiger charge is 2.18. The molecule has 0 aliphatic carbocycles. The molecule has 1 aromatic heterocycles. The van der Waals surface area contributed by atoms with Crippen molar-refractivity contribution in [1.29, 1.82) is 0 Å². The van der Waals surface area contributed by atoms with Crippen LogP contribution in [-0.2, 0) is 11.3 Å². The average molecular weight is 254 g/mol. The maximum absolute atomic E-state index is 5.79. The summed E-state index contributed by atoms with van der Waals surface area (Å²) in [6.45, 7) is 4.65. The lowest BCUT2D eigenvalue weighted by Gasteiger charge is -2.31. The van der Waals surface area contributed by atoms with Crippen LogP contribution in [0.3, 0.4) is 0 Å². The van der Waals surface area contributed by atoms with Crippen molar-refractivity contribution >= 4 is 23.4 Å². The number of nitrogens with zero attached hydrogens (tertiary/aromatic N) is 3. The van der Waals surface area contributed by atoms with Crippen molar-refractivity contribution < 1.29 is 4.74 Å². The zero-order chi connectivity index (χ0) is 12.3. The molecule has 1 aromatic rings. The minimum atomic E-state index is 0.399. The first-order valence-corrected chi connectivity index (χ1v) is 6.73. The molecule has 6 heteroatoms. The van der Waals surface area contributed by atoms with E-state index in [2.05, 4.69) is 21.8 Å². The predicted octanol–water partition coefficient (Wildman–Crippen LogP) is 1.15. The second kappa shape index (κ2) is 5.55. The Morgan fingerprint density at radius 2 is 2.41 bits per heavy atom. The Morgan fingerprint density at radius 3 is 3.12 bits per heavy atom. The summed E-state index contributed by atoms with van der Waals surface area (Å²) in [5.41, 5.74) is 5.79. The van der Waals surface area contributed by atoms with Crippen LogP contribution in [-0.4, -0.2) is 41.2 Å². The number of hydrogen-bond donors (Lipinski definition) is 1. The number of aromatic nitrogens is 2. The smallest absolute Gasteiger partial charge is 0.158 e. The first-order valence-electron chi connectivity index (χ1n) is 5.68. The third-order valence-corrected chi connectivity index (χ3v) is 3.75. The molecule has 17 heavy (non-hydrogen) atoms. The fraction of sp³-hybridized carbons (Fsp3) is 0.636. The van der Waals surface area contributed by atoms with Gasteiger partial charge in [0.15, 0.2) is 5.82 Å². The van der Waals surface area contributed by atoms with Gasteiger partial charge < -0.3 is 15.4 Å². The summed E-state index contributed by atoms with van der Waals surface area (Å²) >= 11 is 1.99. The van der Waals surface area contributed by atoms with E-state index in [1.807, 2.05) is 17.8 Å². The van der Waals surface area contributed by atoms with E-state index in [1.165, 1.54) is 0 Å². The number of ether oxygens (including phenoxy) is 1. The third kappa shape index (κ3) is 3.23. The van der Waals surface area contributed by atoms with Gasteiger partial charge in [-0.1, -0.05) is 6.92 Å². The summed E-state index contributed by atoms with van der Waals surface area (Å²) < 4.78 is 5.04. The van der Waals surface area contributed by atoms with Crippen molar-refractivity contribution in [1.82, 2.24) is 9.97 Å². The minimum absolute atomic E-state index is 0.399. The van der Waals surface area contributed by atoms with E-state index in [1.54, 1.807) is 7.11 Å². The van der Waals surface area contributed by atoms with Gasteiger partial charge in [-0.3, -0.25) is 0 Å². The maximum Gasteiger partial charge on any atom is 0.158 e. The lowest BCUT2D eigenvalue weighted by atomic mass is 10.3. The Kier molecular flexibility index (Phi) is 4.06. The molecule has 0 saturated carbocycles. The molecule has 2 heterocycles. The van der Waals surface area contributed by atoms with Gasteiger partial charge >= 0.3 is 0 Å². The van der Waals surface area contributed by atoms with Crippen molar-refractivity contribution in [2.75, 3.05) is 36.6 Å². The van der Waals surface area contributed by atoms with Gasteiger partial charge in [0.2, 0.25) is 0 Å². The molecule has 1 atom stereocenters. The van der Waals surface area contributed by atoms with Gasteiger partial charge in [0.05, 0.1) is 0 Å². The molecule has 94 valence electrons. The fourth-order valence-corrected chi connectivity index (χ4v) is 2.90. The van der Waals surface area contributed by atoms with Crippen LogP contribution < -0.4 is 10.6 Å². The second-order valence-electron chi connectivity index (χ2n) is 4.13. The lowest BCUT2D eigenvalue weighted by Crippen LogP contribution is -2.37. The zero-order valence-corrected chi connectivity index (χ0v) is 11.0. The van der Waals surface area contributed by atoms with Gasteiger partial charge in [-0.15, -0.1) is 0 Å². The van der Waals surface area contributed by atoms with Crippen LogP contribution in [0.25, 0.3) is 0 Å². The molecule has 0 amide bonds. The Balaban J connectivity index is 2.18. The van der Waals surface area contributed by atoms with Crippen molar-refractivity contribution in [3.05, 3.63) is 11.9 Å². The summed E-state index contributed by atoms with van der Waals surface area (Å²) in [7, 11) is 1.63. The summed E-state index contributed by atoms with van der Waals surface area (Å²) in [6.07, 6.45) is 0. The van der Waals surface area contributed by atoms with Crippen molar-refractivity contribution in [2.24, 2.45) is 0 Å². The van der Waals surface area contributed by atoms with Crippen molar-refractivity contribution in [2.45, 2.75) is 18.8 Å². The van der Waals surface area contributed by atoms with E-state index in [0.29, 0.717) is 23.5 Å². The summed E-state index contributed by atoms with van der Waals surface area (Å²) in [6, 6.07) is 1.84. The number of nitrogens with two attached hydrogens (primary N) is 1. The first kappa shape index (κ1) is 12.4. The standard InChI is InChI=1S/C11H18N4OS/c1-8-6-15(3-4-17-8)11-5-9(12)13-10(14-11)7-16-2/h5,8H,3-4,6-7H2,1-2H3,(H2,12,13,14). The van der Waals surface area contributed by atoms with E-state index in [9.17, 15) is 0 Å². The van der Waals surface area contributed by atoms with Crippen LogP contribution in [0.15, 0.2) is 6.07 Å². The zero-order valence-electron chi connectivity index (χ0n) is 10.2. The Morgan fingerprint density at radius 1 is 1.59 bits per heavy atom. The fourth-order valence-electron chi connectivity index (χ4n) is 1.89. The molecule has 2 rings (SSSR count). The Bertz CT molecular complexity index is 388. The van der Waals surface area contributed by atoms with Gasteiger partial charge in [0, 0.05) is 37.3 Å². The van der Waals surface area contributed by atoms with E-state index < -0.39 is 0 Å². The third-order valence-electron chi connectivity index (χ3n) is 2.62. The highest BCUT2D eigenvalue weighted by molar-refractivity contribution is 8.00. The lowest BCUT2D eigenvalue weighted by molar-refractivity contribution is 0.178. The molecular formula is C11H18N4OS. The number of anilines is 2. The first-order chi connectivity index (χ1) is 8.19. The monoisotopic (exact) mass is 254 g/mol. The second-order valence-corrected chi connectivity index (χ2v) is 5.67. The minimum Gasteiger partial charge on any atom is -0.384 e. The topological polar surface area (TPSA) is 64.3 Å². The highest BCUT2D eigenvalue weighted by Crippen LogP contribution is 2.23.